The lowest BCUT2D eigenvalue weighted by Crippen LogP contribution is -2.37. The average molecular weight is 663 g/mol. The minimum atomic E-state index is -0.577. The van der Waals surface area contributed by atoms with Crippen LogP contribution in [0.15, 0.2) is 83.1 Å². The highest BCUT2D eigenvalue weighted by Gasteiger charge is 2.23. The Kier molecular flexibility index (Phi) is 11.2. The molecule has 12 nitrogen and oxygen atoms in total. The smallest absolute Gasteiger partial charge is 0.413 e. The van der Waals surface area contributed by atoms with Crippen molar-refractivity contribution >= 4 is 52.3 Å². The van der Waals surface area contributed by atoms with Crippen LogP contribution in [-0.2, 0) is 9.47 Å². The van der Waals surface area contributed by atoms with Gasteiger partial charge in [-0.1, -0.05) is 42.5 Å². The summed E-state index contributed by atoms with van der Waals surface area (Å²) in [6.07, 6.45) is 6.60. The highest BCUT2D eigenvalue weighted by atomic mass is 16.6. The number of pyridine rings is 2. The molecule has 0 fully saturated rings. The van der Waals surface area contributed by atoms with Crippen LogP contribution in [0.2, 0.25) is 0 Å². The van der Waals surface area contributed by atoms with Crippen molar-refractivity contribution in [2.45, 2.75) is 59.5 Å². The number of hydrogen-bond donors (Lipinski definition) is 4. The van der Waals surface area contributed by atoms with Gasteiger partial charge >= 0.3 is 12.2 Å². The van der Waals surface area contributed by atoms with E-state index in [2.05, 4.69) is 73.7 Å². The highest BCUT2D eigenvalue weighted by Crippen LogP contribution is 2.41. The second-order valence-corrected chi connectivity index (χ2v) is 11.8. The number of amides is 2. The van der Waals surface area contributed by atoms with E-state index in [1.807, 2.05) is 52.0 Å². The van der Waals surface area contributed by atoms with Crippen LogP contribution in [-0.4, -0.2) is 59.4 Å². The van der Waals surface area contributed by atoms with Crippen molar-refractivity contribution in [3.05, 3.63) is 89.9 Å². The topological polar surface area (TPSA) is 151 Å². The molecule has 2 aromatic heterocycles. The first-order valence-corrected chi connectivity index (χ1v) is 16.4. The molecule has 49 heavy (non-hydrogen) atoms. The number of hydrogen-bond acceptors (Lipinski definition) is 8. The van der Waals surface area contributed by atoms with Crippen LogP contribution < -0.4 is 21.3 Å². The second kappa shape index (κ2) is 15.9. The standard InChI is InChI=1S/C37H42N8O4/c1-7-48-36(46)44-34(40-22(3)4)42-25-13-18-31(38-20-25)27-15-12-24-10-9-11-29-28(16-17-30(27)33(24)29)32-19-14-26(21-39-32)43-35(41-23(5)6)45-37(47)49-8-2/h9-23,28H,7-8H2,1-6H3,(H2,40,42,44,46)(H2,41,43,45,47). The maximum Gasteiger partial charge on any atom is 0.413 e. The molecule has 1 aliphatic rings. The molecule has 0 aliphatic heterocycles. The van der Waals surface area contributed by atoms with Gasteiger partial charge in [0.2, 0.25) is 11.9 Å². The molecule has 0 saturated heterocycles. The van der Waals surface area contributed by atoms with Gasteiger partial charge in [-0.3, -0.25) is 20.6 Å². The van der Waals surface area contributed by atoms with Crippen molar-refractivity contribution in [3.63, 3.8) is 0 Å². The van der Waals surface area contributed by atoms with Gasteiger partial charge in [0.1, 0.15) is 0 Å². The Morgan fingerprint density at radius 3 is 1.92 bits per heavy atom. The summed E-state index contributed by atoms with van der Waals surface area (Å²) in [5.41, 5.74) is 6.29. The van der Waals surface area contributed by atoms with E-state index < -0.39 is 12.2 Å². The van der Waals surface area contributed by atoms with Gasteiger partial charge in [-0.25, -0.2) is 19.6 Å². The minimum absolute atomic E-state index is 0.0450. The molecule has 2 heterocycles. The Hall–Kier alpha value is -5.78. The molecule has 4 N–H and O–H groups in total. The summed E-state index contributed by atoms with van der Waals surface area (Å²) in [6, 6.07) is 18.2. The fraction of sp³-hybridized carbons (Fsp3) is 0.297. The van der Waals surface area contributed by atoms with E-state index >= 15 is 0 Å². The van der Waals surface area contributed by atoms with Gasteiger partial charge in [-0.15, -0.1) is 0 Å². The molecule has 0 spiro atoms. The average Bonchev–Trinajstić information content (AvgIpc) is 3.06. The number of aromatic nitrogens is 2. The Labute approximate surface area is 286 Å². The minimum Gasteiger partial charge on any atom is -0.450 e. The lowest BCUT2D eigenvalue weighted by Gasteiger charge is -2.23. The lowest BCUT2D eigenvalue weighted by atomic mass is 9.82. The number of ether oxygens (including phenoxy) is 2. The fourth-order valence-electron chi connectivity index (χ4n) is 5.45. The zero-order valence-corrected chi connectivity index (χ0v) is 28.6. The SMILES string of the molecule is CCOC(=O)NC(=NC(C)C)Nc1ccc(-c2ccc3cccc4c3c2C=CC4c2ccc(NC(=NC(C)C)NC(=O)OCC)cn2)nc1. The third kappa shape index (κ3) is 8.78. The van der Waals surface area contributed by atoms with Gasteiger partial charge in [0, 0.05) is 23.6 Å². The van der Waals surface area contributed by atoms with E-state index in [0.29, 0.717) is 17.3 Å². The van der Waals surface area contributed by atoms with Gasteiger partial charge in [0.05, 0.1) is 48.4 Å². The Morgan fingerprint density at radius 2 is 1.39 bits per heavy atom. The molecule has 254 valence electrons. The van der Waals surface area contributed by atoms with E-state index in [1.165, 1.54) is 0 Å². The third-order valence-electron chi connectivity index (χ3n) is 7.34. The maximum absolute atomic E-state index is 12.0. The monoisotopic (exact) mass is 662 g/mol. The van der Waals surface area contributed by atoms with Crippen molar-refractivity contribution in [2.75, 3.05) is 23.8 Å². The van der Waals surface area contributed by atoms with Gasteiger partial charge in [-0.2, -0.15) is 0 Å². The number of rotatable bonds is 8. The largest absolute Gasteiger partial charge is 0.450 e. The summed E-state index contributed by atoms with van der Waals surface area (Å²) < 4.78 is 10.0. The first-order chi connectivity index (χ1) is 23.6. The zero-order valence-electron chi connectivity index (χ0n) is 28.6. The quantitative estimate of drug-likeness (QED) is 0.113. The first-order valence-electron chi connectivity index (χ1n) is 16.4. The number of allylic oxidation sites excluding steroid dienone is 1. The molecule has 4 aromatic rings. The summed E-state index contributed by atoms with van der Waals surface area (Å²) in [4.78, 5) is 42.5. The number of aliphatic imine (C=N–C) groups is 2. The number of nitrogens with zero attached hydrogens (tertiary/aromatic N) is 4. The molecule has 1 aliphatic carbocycles. The van der Waals surface area contributed by atoms with E-state index in [-0.39, 0.29) is 37.2 Å². The summed E-state index contributed by atoms with van der Waals surface area (Å²) in [5.74, 6) is 0.519. The van der Waals surface area contributed by atoms with Crippen LogP contribution in [0.1, 0.15) is 64.3 Å². The van der Waals surface area contributed by atoms with Crippen LogP contribution in [0.4, 0.5) is 21.0 Å². The first kappa shape index (κ1) is 34.6. The van der Waals surface area contributed by atoms with Gasteiger partial charge < -0.3 is 20.1 Å². The molecule has 5 rings (SSSR count). The normalized spacial score (nSPS) is 14.2. The molecular weight excluding hydrogens is 620 g/mol. The third-order valence-corrected chi connectivity index (χ3v) is 7.34. The molecule has 2 amide bonds. The fourth-order valence-corrected chi connectivity index (χ4v) is 5.45. The highest BCUT2D eigenvalue weighted by molar-refractivity contribution is 6.04. The van der Waals surface area contributed by atoms with Crippen LogP contribution >= 0.6 is 0 Å². The van der Waals surface area contributed by atoms with Gasteiger partial charge in [-0.05, 0) is 87.7 Å². The van der Waals surface area contributed by atoms with Crippen LogP contribution in [0.25, 0.3) is 28.1 Å². The number of guanidine groups is 2. The molecule has 0 saturated carbocycles. The number of benzene rings is 2. The summed E-state index contributed by atoms with van der Waals surface area (Å²) in [5, 5.41) is 13.9. The Morgan fingerprint density at radius 1 is 0.776 bits per heavy atom. The van der Waals surface area contributed by atoms with E-state index in [9.17, 15) is 9.59 Å². The van der Waals surface area contributed by atoms with E-state index in [0.717, 1.165) is 38.9 Å². The van der Waals surface area contributed by atoms with Gasteiger partial charge in [0.15, 0.2) is 0 Å². The molecule has 2 aromatic carbocycles. The van der Waals surface area contributed by atoms with E-state index in [1.54, 1.807) is 26.2 Å². The number of nitrogens with one attached hydrogen (secondary N) is 4. The summed E-state index contributed by atoms with van der Waals surface area (Å²) >= 11 is 0. The molecule has 12 heteroatoms. The van der Waals surface area contributed by atoms with E-state index in [4.69, 9.17) is 19.4 Å². The van der Waals surface area contributed by atoms with Gasteiger partial charge in [0.25, 0.3) is 0 Å². The number of anilines is 2. The Balaban J connectivity index is 1.38. The zero-order chi connectivity index (χ0) is 34.9. The Bertz CT molecular complexity index is 1880. The molecule has 1 atom stereocenters. The maximum atomic E-state index is 12.0. The number of carbonyl (C=O) groups is 2. The lowest BCUT2D eigenvalue weighted by molar-refractivity contribution is 0.156. The molecule has 0 bridgehead atoms. The van der Waals surface area contributed by atoms with Crippen LogP contribution in [0, 0.1) is 0 Å². The second-order valence-electron chi connectivity index (χ2n) is 11.8. The predicted molar refractivity (Wildman–Crippen MR) is 195 cm³/mol. The number of alkyl carbamates (subject to hydrolysis) is 2. The van der Waals surface area contributed by atoms with Crippen molar-refractivity contribution in [1.29, 1.82) is 0 Å². The summed E-state index contributed by atoms with van der Waals surface area (Å²) in [7, 11) is 0. The molecule has 1 unspecified atom stereocenters. The van der Waals surface area contributed by atoms with Crippen LogP contribution in [0.5, 0.6) is 0 Å². The molecule has 0 radical (unpaired) electrons. The van der Waals surface area contributed by atoms with Crippen molar-refractivity contribution in [2.24, 2.45) is 9.98 Å². The summed E-state index contributed by atoms with van der Waals surface area (Å²) in [6.45, 7) is 11.7. The van der Waals surface area contributed by atoms with Crippen molar-refractivity contribution in [1.82, 2.24) is 20.6 Å². The van der Waals surface area contributed by atoms with Crippen molar-refractivity contribution in [3.8, 4) is 11.3 Å². The molecular formula is C37H42N8O4. The number of carbonyl (C=O) groups excluding carboxylic acids is 2. The predicted octanol–water partition coefficient (Wildman–Crippen LogP) is 7.30. The van der Waals surface area contributed by atoms with Crippen molar-refractivity contribution < 1.29 is 19.1 Å². The van der Waals surface area contributed by atoms with Crippen LogP contribution in [0.3, 0.4) is 0 Å².